The molecule has 1 fully saturated rings. The highest BCUT2D eigenvalue weighted by atomic mass is 16.5. The molecule has 4 rings (SSSR count). The maximum atomic E-state index is 12.6. The van der Waals surface area contributed by atoms with E-state index in [0.29, 0.717) is 23.3 Å². The number of hydrogen-bond donors (Lipinski definition) is 1. The summed E-state index contributed by atoms with van der Waals surface area (Å²) in [4.78, 5) is 23.0. The summed E-state index contributed by atoms with van der Waals surface area (Å²) in [7, 11) is 0. The molecule has 3 aromatic rings. The lowest BCUT2D eigenvalue weighted by atomic mass is 10.0. The van der Waals surface area contributed by atoms with Gasteiger partial charge in [-0.05, 0) is 38.8 Å². The molecule has 1 N–H and O–H groups in total. The molecular formula is C22H25N5O2. The SMILES string of the molecule is Cc1ccc(-c2noc(C(C)NC3CCN(C(=O)c4ccncc4)CC3)n2)cc1. The van der Waals surface area contributed by atoms with Gasteiger partial charge in [-0.25, -0.2) is 0 Å². The minimum atomic E-state index is -0.0471. The molecular weight excluding hydrogens is 366 g/mol. The lowest BCUT2D eigenvalue weighted by molar-refractivity contribution is 0.0700. The van der Waals surface area contributed by atoms with Gasteiger partial charge >= 0.3 is 0 Å². The summed E-state index contributed by atoms with van der Waals surface area (Å²) < 4.78 is 5.48. The highest BCUT2D eigenvalue weighted by molar-refractivity contribution is 5.94. The van der Waals surface area contributed by atoms with Gasteiger partial charge in [0, 0.05) is 42.7 Å². The van der Waals surface area contributed by atoms with Gasteiger partial charge in [0.25, 0.3) is 5.91 Å². The van der Waals surface area contributed by atoms with Crippen LogP contribution in [0.5, 0.6) is 0 Å². The summed E-state index contributed by atoms with van der Waals surface area (Å²) in [5, 5.41) is 7.68. The quantitative estimate of drug-likeness (QED) is 0.718. The Balaban J connectivity index is 1.31. The van der Waals surface area contributed by atoms with Crippen molar-refractivity contribution in [2.75, 3.05) is 13.1 Å². The number of aryl methyl sites for hydroxylation is 1. The van der Waals surface area contributed by atoms with Crippen molar-refractivity contribution in [3.05, 3.63) is 65.8 Å². The molecule has 1 amide bonds. The standard InChI is InChI=1S/C22H25N5O2/c1-15-3-5-17(6-4-15)20-25-21(29-26-20)16(2)24-19-9-13-27(14-10-19)22(28)18-7-11-23-12-8-18/h3-8,11-12,16,19,24H,9-10,13-14H2,1-2H3. The molecule has 2 aromatic heterocycles. The molecule has 7 nitrogen and oxygen atoms in total. The van der Waals surface area contributed by atoms with E-state index in [2.05, 4.69) is 20.4 Å². The zero-order valence-corrected chi connectivity index (χ0v) is 16.7. The third-order valence-corrected chi connectivity index (χ3v) is 5.32. The minimum absolute atomic E-state index is 0.0471. The van der Waals surface area contributed by atoms with Crippen molar-refractivity contribution in [1.82, 2.24) is 25.3 Å². The van der Waals surface area contributed by atoms with Crippen LogP contribution >= 0.6 is 0 Å². The first-order valence-corrected chi connectivity index (χ1v) is 9.96. The molecule has 0 aliphatic carbocycles. The van der Waals surface area contributed by atoms with Gasteiger partial charge in [0.2, 0.25) is 11.7 Å². The van der Waals surface area contributed by atoms with E-state index in [9.17, 15) is 4.79 Å². The number of aromatic nitrogens is 3. The van der Waals surface area contributed by atoms with Crippen molar-refractivity contribution in [2.45, 2.75) is 38.8 Å². The predicted molar refractivity (Wildman–Crippen MR) is 109 cm³/mol. The molecule has 7 heteroatoms. The lowest BCUT2D eigenvalue weighted by Gasteiger charge is -2.33. The van der Waals surface area contributed by atoms with Crippen LogP contribution < -0.4 is 5.32 Å². The summed E-state index contributed by atoms with van der Waals surface area (Å²) in [5.74, 6) is 1.25. The fourth-order valence-electron chi connectivity index (χ4n) is 3.58. The van der Waals surface area contributed by atoms with Gasteiger partial charge in [-0.15, -0.1) is 0 Å². The second-order valence-electron chi connectivity index (χ2n) is 7.51. The molecule has 3 heterocycles. The number of amides is 1. The molecule has 0 spiro atoms. The number of piperidine rings is 1. The normalized spacial score (nSPS) is 16.0. The van der Waals surface area contributed by atoms with Crippen LogP contribution in [0.2, 0.25) is 0 Å². The van der Waals surface area contributed by atoms with Gasteiger partial charge in [-0.3, -0.25) is 9.78 Å². The molecule has 1 aliphatic rings. The second-order valence-corrected chi connectivity index (χ2v) is 7.51. The molecule has 1 saturated heterocycles. The number of likely N-dealkylation sites (tertiary alicyclic amines) is 1. The highest BCUT2D eigenvalue weighted by Gasteiger charge is 2.26. The van der Waals surface area contributed by atoms with E-state index < -0.39 is 0 Å². The van der Waals surface area contributed by atoms with Crippen molar-refractivity contribution >= 4 is 5.91 Å². The number of nitrogens with one attached hydrogen (secondary N) is 1. The summed E-state index contributed by atoms with van der Waals surface area (Å²) in [6.45, 7) is 5.53. The van der Waals surface area contributed by atoms with Crippen molar-refractivity contribution in [2.24, 2.45) is 0 Å². The number of rotatable bonds is 5. The number of pyridine rings is 1. The summed E-state index contributed by atoms with van der Waals surface area (Å²) in [5.41, 5.74) is 2.83. The van der Waals surface area contributed by atoms with Crippen molar-refractivity contribution in [3.8, 4) is 11.4 Å². The Kier molecular flexibility index (Phi) is 5.67. The van der Waals surface area contributed by atoms with Gasteiger partial charge in [0.1, 0.15) is 0 Å². The van der Waals surface area contributed by atoms with E-state index in [1.165, 1.54) is 5.56 Å². The van der Waals surface area contributed by atoms with Crippen LogP contribution in [0, 0.1) is 6.92 Å². The minimum Gasteiger partial charge on any atom is -0.339 e. The number of carbonyl (C=O) groups is 1. The van der Waals surface area contributed by atoms with Gasteiger partial charge in [-0.1, -0.05) is 35.0 Å². The first-order chi connectivity index (χ1) is 14.1. The molecule has 150 valence electrons. The second kappa shape index (κ2) is 8.53. The van der Waals surface area contributed by atoms with Crippen LogP contribution in [-0.2, 0) is 0 Å². The lowest BCUT2D eigenvalue weighted by Crippen LogP contribution is -2.45. The Morgan fingerprint density at radius 2 is 1.83 bits per heavy atom. The van der Waals surface area contributed by atoms with Crippen LogP contribution in [-0.4, -0.2) is 45.1 Å². The Labute approximate surface area is 170 Å². The molecule has 1 atom stereocenters. The van der Waals surface area contributed by atoms with E-state index in [-0.39, 0.29) is 11.9 Å². The average Bonchev–Trinajstić information content (AvgIpc) is 3.25. The first kappa shape index (κ1) is 19.3. The summed E-state index contributed by atoms with van der Waals surface area (Å²) >= 11 is 0. The zero-order valence-electron chi connectivity index (χ0n) is 16.7. The van der Waals surface area contributed by atoms with E-state index in [4.69, 9.17) is 4.52 Å². The van der Waals surface area contributed by atoms with Gasteiger partial charge in [-0.2, -0.15) is 4.98 Å². The number of benzene rings is 1. The first-order valence-electron chi connectivity index (χ1n) is 9.96. The number of hydrogen-bond acceptors (Lipinski definition) is 6. The Bertz CT molecular complexity index is 947. The molecule has 0 radical (unpaired) electrons. The van der Waals surface area contributed by atoms with Crippen LogP contribution in [0.25, 0.3) is 11.4 Å². The van der Waals surface area contributed by atoms with Crippen molar-refractivity contribution in [3.63, 3.8) is 0 Å². The molecule has 1 aliphatic heterocycles. The van der Waals surface area contributed by atoms with Gasteiger partial charge < -0.3 is 14.7 Å². The average molecular weight is 391 g/mol. The monoisotopic (exact) mass is 391 g/mol. The van der Waals surface area contributed by atoms with E-state index >= 15 is 0 Å². The van der Waals surface area contributed by atoms with Crippen LogP contribution in [0.15, 0.2) is 53.3 Å². The smallest absolute Gasteiger partial charge is 0.253 e. The fraction of sp³-hybridized carbons (Fsp3) is 0.364. The zero-order chi connectivity index (χ0) is 20.2. The number of carbonyl (C=O) groups excluding carboxylic acids is 1. The van der Waals surface area contributed by atoms with E-state index in [1.807, 2.05) is 43.0 Å². The molecule has 0 saturated carbocycles. The third kappa shape index (κ3) is 4.51. The van der Waals surface area contributed by atoms with Gasteiger partial charge in [0.05, 0.1) is 6.04 Å². The fourth-order valence-corrected chi connectivity index (χ4v) is 3.58. The molecule has 0 bridgehead atoms. The predicted octanol–water partition coefficient (Wildman–Crippen LogP) is 3.40. The Morgan fingerprint density at radius 3 is 2.52 bits per heavy atom. The molecule has 29 heavy (non-hydrogen) atoms. The third-order valence-electron chi connectivity index (χ3n) is 5.32. The molecule has 1 aromatic carbocycles. The van der Waals surface area contributed by atoms with Crippen LogP contribution in [0.1, 0.15) is 47.6 Å². The summed E-state index contributed by atoms with van der Waals surface area (Å²) in [6, 6.07) is 11.8. The number of nitrogens with zero attached hydrogens (tertiary/aromatic N) is 4. The Hall–Kier alpha value is -3.06. The van der Waals surface area contributed by atoms with E-state index in [0.717, 1.165) is 31.5 Å². The van der Waals surface area contributed by atoms with Crippen LogP contribution in [0.3, 0.4) is 0 Å². The largest absolute Gasteiger partial charge is 0.339 e. The Morgan fingerprint density at radius 1 is 1.14 bits per heavy atom. The van der Waals surface area contributed by atoms with Crippen LogP contribution in [0.4, 0.5) is 0 Å². The maximum Gasteiger partial charge on any atom is 0.253 e. The highest BCUT2D eigenvalue weighted by Crippen LogP contribution is 2.21. The van der Waals surface area contributed by atoms with Gasteiger partial charge in [0.15, 0.2) is 0 Å². The molecule has 1 unspecified atom stereocenters. The van der Waals surface area contributed by atoms with Crippen molar-refractivity contribution in [1.29, 1.82) is 0 Å². The summed E-state index contributed by atoms with van der Waals surface area (Å²) in [6.07, 6.45) is 5.08. The topological polar surface area (TPSA) is 84.2 Å². The maximum absolute atomic E-state index is 12.6. The van der Waals surface area contributed by atoms with Crippen molar-refractivity contribution < 1.29 is 9.32 Å². The van der Waals surface area contributed by atoms with E-state index in [1.54, 1.807) is 24.5 Å².